The van der Waals surface area contributed by atoms with Crippen LogP contribution in [0.3, 0.4) is 0 Å². The fourth-order valence-corrected chi connectivity index (χ4v) is 2.16. The number of pyridine rings is 1. The molecule has 0 aliphatic carbocycles. The minimum Gasteiger partial charge on any atom is -0.461 e. The first-order valence-corrected chi connectivity index (χ1v) is 7.73. The number of aryl methyl sites for hydroxylation is 1. The predicted octanol–water partition coefficient (Wildman–Crippen LogP) is 3.20. The van der Waals surface area contributed by atoms with Crippen molar-refractivity contribution in [2.75, 3.05) is 0 Å². The van der Waals surface area contributed by atoms with Gasteiger partial charge in [-0.2, -0.15) is 0 Å². The zero-order valence-corrected chi connectivity index (χ0v) is 13.1. The van der Waals surface area contributed by atoms with E-state index in [0.717, 1.165) is 11.1 Å². The lowest BCUT2D eigenvalue weighted by molar-refractivity contribution is -0.145. The van der Waals surface area contributed by atoms with E-state index in [1.165, 1.54) is 0 Å². The number of hydrogen-bond donors (Lipinski definition) is 0. The number of carbonyl (C=O) groups is 1. The van der Waals surface area contributed by atoms with E-state index in [9.17, 15) is 4.79 Å². The van der Waals surface area contributed by atoms with Crippen LogP contribution < -0.4 is 0 Å². The third-order valence-electron chi connectivity index (χ3n) is 3.38. The van der Waals surface area contributed by atoms with Crippen molar-refractivity contribution in [2.24, 2.45) is 0 Å². The van der Waals surface area contributed by atoms with E-state index < -0.39 is 0 Å². The SMILES string of the molecule is O=C(CCCc1nnc(-c2ccccc2)o1)OCc1cccnc1. The van der Waals surface area contributed by atoms with E-state index >= 15 is 0 Å². The number of nitrogens with zero attached hydrogens (tertiary/aromatic N) is 3. The Kier molecular flexibility index (Phi) is 5.29. The molecule has 6 nitrogen and oxygen atoms in total. The van der Waals surface area contributed by atoms with Gasteiger partial charge in [-0.15, -0.1) is 10.2 Å². The molecule has 0 unspecified atom stereocenters. The highest BCUT2D eigenvalue weighted by Crippen LogP contribution is 2.17. The second-order valence-electron chi connectivity index (χ2n) is 5.24. The Bertz CT molecular complexity index is 772. The highest BCUT2D eigenvalue weighted by Gasteiger charge is 2.09. The molecule has 1 aromatic carbocycles. The van der Waals surface area contributed by atoms with E-state index in [4.69, 9.17) is 9.15 Å². The summed E-state index contributed by atoms with van der Waals surface area (Å²) in [4.78, 5) is 15.7. The Morgan fingerprint density at radius 1 is 1.08 bits per heavy atom. The Labute approximate surface area is 139 Å². The maximum Gasteiger partial charge on any atom is 0.306 e. The van der Waals surface area contributed by atoms with Crippen LogP contribution in [0.1, 0.15) is 24.3 Å². The van der Waals surface area contributed by atoms with Gasteiger partial charge in [-0.05, 0) is 24.6 Å². The van der Waals surface area contributed by atoms with E-state index in [-0.39, 0.29) is 12.6 Å². The summed E-state index contributed by atoms with van der Waals surface area (Å²) >= 11 is 0. The van der Waals surface area contributed by atoms with Crippen LogP contribution in [0.2, 0.25) is 0 Å². The molecule has 122 valence electrons. The highest BCUT2D eigenvalue weighted by molar-refractivity contribution is 5.69. The van der Waals surface area contributed by atoms with Crippen LogP contribution in [-0.2, 0) is 22.6 Å². The monoisotopic (exact) mass is 323 g/mol. The van der Waals surface area contributed by atoms with Crippen LogP contribution in [0.5, 0.6) is 0 Å². The summed E-state index contributed by atoms with van der Waals surface area (Å²) in [5.41, 5.74) is 1.75. The van der Waals surface area contributed by atoms with Gasteiger partial charge in [0.1, 0.15) is 6.61 Å². The van der Waals surface area contributed by atoms with Crippen LogP contribution >= 0.6 is 0 Å². The van der Waals surface area contributed by atoms with Crippen LogP contribution in [0.25, 0.3) is 11.5 Å². The average Bonchev–Trinajstić information content (AvgIpc) is 3.11. The van der Waals surface area contributed by atoms with Crippen LogP contribution in [0.4, 0.5) is 0 Å². The van der Waals surface area contributed by atoms with Crippen molar-refractivity contribution in [3.8, 4) is 11.5 Å². The first kappa shape index (κ1) is 15.9. The van der Waals surface area contributed by atoms with Gasteiger partial charge >= 0.3 is 5.97 Å². The summed E-state index contributed by atoms with van der Waals surface area (Å²) in [6, 6.07) is 13.2. The molecule has 2 aromatic heterocycles. The molecule has 0 radical (unpaired) electrons. The van der Waals surface area contributed by atoms with Crippen molar-refractivity contribution in [3.05, 3.63) is 66.3 Å². The summed E-state index contributed by atoms with van der Waals surface area (Å²) in [5.74, 6) is 0.764. The third kappa shape index (κ3) is 4.49. The Morgan fingerprint density at radius 3 is 2.75 bits per heavy atom. The number of carbonyl (C=O) groups excluding carboxylic acids is 1. The van der Waals surface area contributed by atoms with Gasteiger partial charge in [0.2, 0.25) is 11.8 Å². The number of aromatic nitrogens is 3. The Hall–Kier alpha value is -3.02. The van der Waals surface area contributed by atoms with Gasteiger partial charge in [-0.1, -0.05) is 24.3 Å². The molecule has 0 spiro atoms. The van der Waals surface area contributed by atoms with Crippen molar-refractivity contribution in [3.63, 3.8) is 0 Å². The van der Waals surface area contributed by atoms with Crippen LogP contribution in [0.15, 0.2) is 59.3 Å². The first-order chi connectivity index (χ1) is 11.8. The van der Waals surface area contributed by atoms with Gasteiger partial charge in [0.15, 0.2) is 0 Å². The number of rotatable bonds is 7. The molecule has 6 heteroatoms. The molecule has 0 atom stereocenters. The normalized spacial score (nSPS) is 10.5. The van der Waals surface area contributed by atoms with Gasteiger partial charge in [-0.25, -0.2) is 0 Å². The Morgan fingerprint density at radius 2 is 1.96 bits per heavy atom. The molecule has 0 bridgehead atoms. The first-order valence-electron chi connectivity index (χ1n) is 7.73. The molecule has 0 fully saturated rings. The second kappa shape index (κ2) is 8.01. The van der Waals surface area contributed by atoms with Crippen molar-refractivity contribution >= 4 is 5.97 Å². The molecule has 2 heterocycles. The summed E-state index contributed by atoms with van der Waals surface area (Å²) in [5, 5.41) is 8.03. The molecule has 0 aliphatic rings. The van der Waals surface area contributed by atoms with E-state index in [2.05, 4.69) is 15.2 Å². The van der Waals surface area contributed by atoms with E-state index in [1.54, 1.807) is 12.4 Å². The predicted molar refractivity (Wildman–Crippen MR) is 86.7 cm³/mol. The molecule has 3 rings (SSSR count). The molecule has 24 heavy (non-hydrogen) atoms. The minimum absolute atomic E-state index is 0.241. The third-order valence-corrected chi connectivity index (χ3v) is 3.38. The fraction of sp³-hybridized carbons (Fsp3) is 0.222. The zero-order valence-electron chi connectivity index (χ0n) is 13.1. The second-order valence-corrected chi connectivity index (χ2v) is 5.24. The molecular weight excluding hydrogens is 306 g/mol. The molecule has 0 saturated heterocycles. The van der Waals surface area contributed by atoms with Gasteiger partial charge < -0.3 is 9.15 Å². The largest absolute Gasteiger partial charge is 0.461 e. The fourth-order valence-electron chi connectivity index (χ4n) is 2.16. The molecule has 0 saturated carbocycles. The molecule has 0 amide bonds. The lowest BCUT2D eigenvalue weighted by atomic mass is 10.2. The highest BCUT2D eigenvalue weighted by atomic mass is 16.5. The van der Waals surface area contributed by atoms with Crippen molar-refractivity contribution in [1.29, 1.82) is 0 Å². The summed E-state index contributed by atoms with van der Waals surface area (Å²) in [6.45, 7) is 0.241. The summed E-state index contributed by atoms with van der Waals surface area (Å²) in [7, 11) is 0. The smallest absolute Gasteiger partial charge is 0.306 e. The van der Waals surface area contributed by atoms with Crippen molar-refractivity contribution in [1.82, 2.24) is 15.2 Å². The standard InChI is InChI=1S/C18H17N3O3/c22-17(23-13-14-6-5-11-19-12-14)10-4-9-16-20-21-18(24-16)15-7-2-1-3-8-15/h1-3,5-8,11-12H,4,9-10,13H2. The van der Waals surface area contributed by atoms with Crippen molar-refractivity contribution < 1.29 is 13.9 Å². The number of hydrogen-bond acceptors (Lipinski definition) is 6. The number of ether oxygens (including phenoxy) is 1. The lowest BCUT2D eigenvalue weighted by Gasteiger charge is -2.03. The van der Waals surface area contributed by atoms with Crippen LogP contribution in [0, 0.1) is 0 Å². The van der Waals surface area contributed by atoms with Gasteiger partial charge in [0, 0.05) is 36.4 Å². The quantitative estimate of drug-likeness (QED) is 0.621. The maximum atomic E-state index is 11.7. The van der Waals surface area contributed by atoms with Gasteiger partial charge in [0.25, 0.3) is 0 Å². The topological polar surface area (TPSA) is 78.1 Å². The summed E-state index contributed by atoms with van der Waals surface area (Å²) in [6.07, 6.45) is 4.81. The molecule has 3 aromatic rings. The van der Waals surface area contributed by atoms with E-state index in [1.807, 2.05) is 42.5 Å². The van der Waals surface area contributed by atoms with E-state index in [0.29, 0.717) is 31.0 Å². The van der Waals surface area contributed by atoms with Crippen molar-refractivity contribution in [2.45, 2.75) is 25.9 Å². The number of esters is 1. The maximum absolute atomic E-state index is 11.7. The molecule has 0 aliphatic heterocycles. The molecular formula is C18H17N3O3. The van der Waals surface area contributed by atoms with Gasteiger partial charge in [0.05, 0.1) is 0 Å². The summed E-state index contributed by atoms with van der Waals surface area (Å²) < 4.78 is 10.8. The minimum atomic E-state index is -0.248. The van der Waals surface area contributed by atoms with Gasteiger partial charge in [-0.3, -0.25) is 9.78 Å². The molecule has 0 N–H and O–H groups in total. The zero-order chi connectivity index (χ0) is 16.6. The number of benzene rings is 1. The van der Waals surface area contributed by atoms with Crippen LogP contribution in [-0.4, -0.2) is 21.2 Å². The Balaban J connectivity index is 1.42. The average molecular weight is 323 g/mol. The lowest BCUT2D eigenvalue weighted by Crippen LogP contribution is -2.05.